The standard InChI is InChI=1S/C12H16N4O4S/c1-9(2)15(7-3-6-13)21(19,20)10-4-5-12(16(17)18)11(14)8-10/h4-5,8-9H,3,7,14H2,1-2H3. The molecule has 1 aromatic carbocycles. The Morgan fingerprint density at radius 3 is 2.52 bits per heavy atom. The predicted molar refractivity (Wildman–Crippen MR) is 76.8 cm³/mol. The Kier molecular flexibility index (Phi) is 5.23. The SMILES string of the molecule is CC(C)N(CCC#N)S(=O)(=O)c1ccc([N+](=O)[O-])c(N)c1. The first kappa shape index (κ1) is 16.9. The van der Waals surface area contributed by atoms with Crippen LogP contribution in [0.1, 0.15) is 20.3 Å². The summed E-state index contributed by atoms with van der Waals surface area (Å²) in [5.41, 5.74) is 4.96. The molecule has 0 amide bonds. The number of anilines is 1. The predicted octanol–water partition coefficient (Wildman–Crippen LogP) is 1.49. The van der Waals surface area contributed by atoms with Gasteiger partial charge in [-0.05, 0) is 26.0 Å². The molecule has 0 fully saturated rings. The molecule has 114 valence electrons. The lowest BCUT2D eigenvalue weighted by Crippen LogP contribution is -2.37. The minimum atomic E-state index is -3.86. The lowest BCUT2D eigenvalue weighted by molar-refractivity contribution is -0.383. The average Bonchev–Trinajstić information content (AvgIpc) is 2.37. The Morgan fingerprint density at radius 2 is 2.10 bits per heavy atom. The topological polar surface area (TPSA) is 130 Å². The van der Waals surface area contributed by atoms with Crippen LogP contribution in [-0.2, 0) is 10.0 Å². The monoisotopic (exact) mass is 312 g/mol. The third-order valence-electron chi connectivity index (χ3n) is 2.82. The fourth-order valence-corrected chi connectivity index (χ4v) is 3.48. The minimum absolute atomic E-state index is 0.0490. The Bertz CT molecular complexity index is 679. The normalized spacial score (nSPS) is 11.6. The molecule has 0 unspecified atom stereocenters. The van der Waals surface area contributed by atoms with Gasteiger partial charge in [0.05, 0.1) is 15.9 Å². The number of nitrogens with two attached hydrogens (primary N) is 1. The number of nitro benzene ring substituents is 1. The van der Waals surface area contributed by atoms with E-state index < -0.39 is 14.9 Å². The summed E-state index contributed by atoms with van der Waals surface area (Å²) >= 11 is 0. The van der Waals surface area contributed by atoms with Crippen LogP contribution in [-0.4, -0.2) is 30.2 Å². The van der Waals surface area contributed by atoms with Crippen molar-refractivity contribution in [3.8, 4) is 6.07 Å². The molecule has 1 aromatic rings. The molecule has 0 aromatic heterocycles. The lowest BCUT2D eigenvalue weighted by atomic mass is 10.3. The summed E-state index contributed by atoms with van der Waals surface area (Å²) in [6, 6.07) is 4.81. The molecule has 8 nitrogen and oxygen atoms in total. The molecule has 0 heterocycles. The van der Waals surface area contributed by atoms with E-state index >= 15 is 0 Å². The Hall–Kier alpha value is -2.18. The number of nitriles is 1. The third kappa shape index (κ3) is 3.68. The molecule has 0 radical (unpaired) electrons. The van der Waals surface area contributed by atoms with Gasteiger partial charge in [-0.1, -0.05) is 0 Å². The van der Waals surface area contributed by atoms with Crippen molar-refractivity contribution in [2.75, 3.05) is 12.3 Å². The molecule has 2 N–H and O–H groups in total. The van der Waals surface area contributed by atoms with E-state index in [-0.39, 0.29) is 35.3 Å². The van der Waals surface area contributed by atoms with E-state index in [2.05, 4.69) is 0 Å². The first-order valence-electron chi connectivity index (χ1n) is 6.14. The van der Waals surface area contributed by atoms with E-state index in [0.29, 0.717) is 0 Å². The Morgan fingerprint density at radius 1 is 1.48 bits per heavy atom. The molecule has 0 saturated carbocycles. The van der Waals surface area contributed by atoms with Crippen LogP contribution in [0.4, 0.5) is 11.4 Å². The molecule has 0 aliphatic carbocycles. The van der Waals surface area contributed by atoms with Gasteiger partial charge in [-0.15, -0.1) is 0 Å². The number of rotatable bonds is 6. The summed E-state index contributed by atoms with van der Waals surface area (Å²) in [5.74, 6) is 0. The summed E-state index contributed by atoms with van der Waals surface area (Å²) in [6.45, 7) is 3.42. The number of nitrogen functional groups attached to an aromatic ring is 1. The van der Waals surface area contributed by atoms with Gasteiger partial charge >= 0.3 is 0 Å². The minimum Gasteiger partial charge on any atom is -0.393 e. The van der Waals surface area contributed by atoms with Crippen molar-refractivity contribution < 1.29 is 13.3 Å². The smallest absolute Gasteiger partial charge is 0.292 e. The maximum absolute atomic E-state index is 12.5. The van der Waals surface area contributed by atoms with Crippen LogP contribution in [0, 0.1) is 21.4 Å². The van der Waals surface area contributed by atoms with Gasteiger partial charge in [0.2, 0.25) is 10.0 Å². The molecule has 0 bridgehead atoms. The summed E-state index contributed by atoms with van der Waals surface area (Å²) < 4.78 is 26.2. The van der Waals surface area contributed by atoms with Crippen molar-refractivity contribution in [1.29, 1.82) is 5.26 Å². The first-order valence-corrected chi connectivity index (χ1v) is 7.58. The van der Waals surface area contributed by atoms with Crippen molar-refractivity contribution in [2.24, 2.45) is 0 Å². The van der Waals surface area contributed by atoms with Crippen molar-refractivity contribution in [1.82, 2.24) is 4.31 Å². The number of benzene rings is 1. The van der Waals surface area contributed by atoms with Crippen LogP contribution < -0.4 is 5.73 Å². The molecule has 0 spiro atoms. The van der Waals surface area contributed by atoms with Crippen molar-refractivity contribution in [3.05, 3.63) is 28.3 Å². The van der Waals surface area contributed by atoms with Crippen LogP contribution in [0.5, 0.6) is 0 Å². The second-order valence-electron chi connectivity index (χ2n) is 4.60. The van der Waals surface area contributed by atoms with Crippen molar-refractivity contribution in [3.63, 3.8) is 0 Å². The second-order valence-corrected chi connectivity index (χ2v) is 6.49. The molecule has 0 aliphatic rings. The first-order chi connectivity index (χ1) is 9.71. The summed E-state index contributed by atoms with van der Waals surface area (Å²) in [5, 5.41) is 19.3. The van der Waals surface area contributed by atoms with Crippen LogP contribution >= 0.6 is 0 Å². The Labute approximate surface area is 123 Å². The largest absolute Gasteiger partial charge is 0.393 e. The molecule has 0 saturated heterocycles. The molecular formula is C12H16N4O4S. The van der Waals surface area contributed by atoms with Crippen molar-refractivity contribution in [2.45, 2.75) is 31.2 Å². The number of sulfonamides is 1. The number of hydrogen-bond donors (Lipinski definition) is 1. The summed E-state index contributed by atoms with van der Waals surface area (Å²) in [7, 11) is -3.86. The highest BCUT2D eigenvalue weighted by atomic mass is 32.2. The second kappa shape index (κ2) is 6.51. The zero-order valence-electron chi connectivity index (χ0n) is 11.7. The zero-order chi connectivity index (χ0) is 16.2. The van der Waals surface area contributed by atoms with Gasteiger partial charge in [-0.3, -0.25) is 10.1 Å². The van der Waals surface area contributed by atoms with Crippen LogP contribution in [0.2, 0.25) is 0 Å². The fraction of sp³-hybridized carbons (Fsp3) is 0.417. The molecule has 1 rings (SSSR count). The molecule has 9 heteroatoms. The van der Waals surface area contributed by atoms with Gasteiger partial charge in [0.15, 0.2) is 0 Å². The fourth-order valence-electron chi connectivity index (χ4n) is 1.81. The zero-order valence-corrected chi connectivity index (χ0v) is 12.5. The van der Waals surface area contributed by atoms with E-state index in [4.69, 9.17) is 11.0 Å². The quantitative estimate of drug-likeness (QED) is 0.481. The highest BCUT2D eigenvalue weighted by molar-refractivity contribution is 7.89. The van der Waals surface area contributed by atoms with E-state index in [9.17, 15) is 18.5 Å². The Balaban J connectivity index is 3.26. The average molecular weight is 312 g/mol. The van der Waals surface area contributed by atoms with Gasteiger partial charge in [0, 0.05) is 25.1 Å². The van der Waals surface area contributed by atoms with Crippen molar-refractivity contribution >= 4 is 21.4 Å². The van der Waals surface area contributed by atoms with Gasteiger partial charge in [-0.2, -0.15) is 9.57 Å². The molecule has 0 atom stereocenters. The highest BCUT2D eigenvalue weighted by Crippen LogP contribution is 2.27. The lowest BCUT2D eigenvalue weighted by Gasteiger charge is -2.25. The third-order valence-corrected chi connectivity index (χ3v) is 4.89. The molecule has 0 aliphatic heterocycles. The van der Waals surface area contributed by atoms with E-state index in [1.807, 2.05) is 6.07 Å². The van der Waals surface area contributed by atoms with E-state index in [0.717, 1.165) is 22.5 Å². The number of nitrogens with zero attached hydrogens (tertiary/aromatic N) is 3. The molecular weight excluding hydrogens is 296 g/mol. The summed E-state index contributed by atoms with van der Waals surface area (Å²) in [6.07, 6.45) is 0.0554. The summed E-state index contributed by atoms with van der Waals surface area (Å²) in [4.78, 5) is 9.89. The van der Waals surface area contributed by atoms with Gasteiger partial charge in [0.25, 0.3) is 5.69 Å². The molecule has 21 heavy (non-hydrogen) atoms. The van der Waals surface area contributed by atoms with Gasteiger partial charge in [-0.25, -0.2) is 8.42 Å². The highest BCUT2D eigenvalue weighted by Gasteiger charge is 2.28. The van der Waals surface area contributed by atoms with Gasteiger partial charge in [0.1, 0.15) is 5.69 Å². The number of hydrogen-bond acceptors (Lipinski definition) is 6. The maximum atomic E-state index is 12.5. The van der Waals surface area contributed by atoms with Crippen LogP contribution in [0.25, 0.3) is 0 Å². The van der Waals surface area contributed by atoms with Gasteiger partial charge < -0.3 is 5.73 Å². The van der Waals surface area contributed by atoms with Crippen LogP contribution in [0.15, 0.2) is 23.1 Å². The van der Waals surface area contributed by atoms with Crippen LogP contribution in [0.3, 0.4) is 0 Å². The number of nitro groups is 1. The maximum Gasteiger partial charge on any atom is 0.292 e. The van der Waals surface area contributed by atoms with E-state index in [1.165, 1.54) is 0 Å². The van der Waals surface area contributed by atoms with E-state index in [1.54, 1.807) is 13.8 Å².